The Morgan fingerprint density at radius 2 is 2.04 bits per heavy atom. The van der Waals surface area contributed by atoms with Gasteiger partial charge in [0, 0.05) is 56.6 Å². The van der Waals surface area contributed by atoms with Crippen molar-refractivity contribution < 1.29 is 9.53 Å². The largest absolute Gasteiger partial charge is 0.478 e. The molecule has 0 N–H and O–H groups in total. The first kappa shape index (κ1) is 19.0. The van der Waals surface area contributed by atoms with Crippen LogP contribution in [0.5, 0.6) is 5.88 Å². The quantitative estimate of drug-likeness (QED) is 0.769. The molecule has 1 fully saturated rings. The fourth-order valence-electron chi connectivity index (χ4n) is 3.46. The van der Waals surface area contributed by atoms with Crippen LogP contribution in [0.3, 0.4) is 0 Å². The van der Waals surface area contributed by atoms with Gasteiger partial charge in [-0.2, -0.15) is 0 Å². The van der Waals surface area contributed by atoms with Crippen molar-refractivity contribution >= 4 is 11.7 Å². The zero-order valence-corrected chi connectivity index (χ0v) is 15.9. The minimum Gasteiger partial charge on any atom is -0.478 e. The number of hydrogen-bond donors (Lipinski definition) is 0. The molecule has 3 rings (SSSR count). The maximum Gasteiger partial charge on any atom is 0.219 e. The van der Waals surface area contributed by atoms with Crippen LogP contribution in [-0.2, 0) is 11.3 Å². The standard InChI is InChI=1S/C19H26N6O2/c1-3-27-19-9-18(22-14-23-19)24-7-4-5-17(6-8-24)25(15(2)26)12-16-10-20-13-21-11-16/h9-11,13-14,17H,3-8,12H2,1-2H3/t17-/m0/s1. The Morgan fingerprint density at radius 1 is 1.22 bits per heavy atom. The van der Waals surface area contributed by atoms with Crippen LogP contribution in [0.25, 0.3) is 0 Å². The van der Waals surface area contributed by atoms with Crippen LogP contribution in [0.1, 0.15) is 38.7 Å². The van der Waals surface area contributed by atoms with Crippen LogP contribution in [0.2, 0.25) is 0 Å². The summed E-state index contributed by atoms with van der Waals surface area (Å²) in [4.78, 5) is 33.1. The van der Waals surface area contributed by atoms with Crippen molar-refractivity contribution in [2.75, 3.05) is 24.6 Å². The van der Waals surface area contributed by atoms with Crippen molar-refractivity contribution in [3.8, 4) is 5.88 Å². The van der Waals surface area contributed by atoms with Gasteiger partial charge in [-0.1, -0.05) is 0 Å². The molecule has 1 amide bonds. The lowest BCUT2D eigenvalue weighted by molar-refractivity contribution is -0.132. The van der Waals surface area contributed by atoms with Gasteiger partial charge in [0.2, 0.25) is 11.8 Å². The van der Waals surface area contributed by atoms with E-state index in [1.165, 1.54) is 6.33 Å². The molecule has 0 bridgehead atoms. The number of anilines is 1. The summed E-state index contributed by atoms with van der Waals surface area (Å²) in [5.74, 6) is 1.55. The van der Waals surface area contributed by atoms with E-state index in [1.54, 1.807) is 25.6 Å². The summed E-state index contributed by atoms with van der Waals surface area (Å²) < 4.78 is 5.48. The highest BCUT2D eigenvalue weighted by atomic mass is 16.5. The number of carbonyl (C=O) groups excluding carboxylic acids is 1. The maximum atomic E-state index is 12.3. The molecule has 2 aromatic heterocycles. The molecular formula is C19H26N6O2. The molecule has 8 nitrogen and oxygen atoms in total. The van der Waals surface area contributed by atoms with E-state index in [0.717, 1.165) is 43.7 Å². The second kappa shape index (κ2) is 9.25. The third kappa shape index (κ3) is 5.12. The van der Waals surface area contributed by atoms with Crippen LogP contribution in [0.4, 0.5) is 5.82 Å². The van der Waals surface area contributed by atoms with E-state index < -0.39 is 0 Å². The first-order valence-electron chi connectivity index (χ1n) is 9.38. The van der Waals surface area contributed by atoms with Gasteiger partial charge in [-0.15, -0.1) is 0 Å². The number of ether oxygens (including phenoxy) is 1. The van der Waals surface area contributed by atoms with E-state index in [1.807, 2.05) is 17.9 Å². The van der Waals surface area contributed by atoms with Gasteiger partial charge in [-0.25, -0.2) is 19.9 Å². The number of aromatic nitrogens is 4. The van der Waals surface area contributed by atoms with Gasteiger partial charge in [-0.3, -0.25) is 4.79 Å². The molecule has 8 heteroatoms. The molecule has 144 valence electrons. The fourth-order valence-corrected chi connectivity index (χ4v) is 3.46. The zero-order valence-electron chi connectivity index (χ0n) is 15.9. The Kier molecular flexibility index (Phi) is 6.51. The third-order valence-corrected chi connectivity index (χ3v) is 4.75. The lowest BCUT2D eigenvalue weighted by Crippen LogP contribution is -2.39. The van der Waals surface area contributed by atoms with Gasteiger partial charge in [0.05, 0.1) is 6.61 Å². The van der Waals surface area contributed by atoms with E-state index in [0.29, 0.717) is 19.0 Å². The van der Waals surface area contributed by atoms with Crippen LogP contribution in [0, 0.1) is 0 Å². The molecule has 0 aromatic carbocycles. The highest BCUT2D eigenvalue weighted by Gasteiger charge is 2.25. The smallest absolute Gasteiger partial charge is 0.219 e. The molecule has 0 saturated carbocycles. The molecule has 3 heterocycles. The van der Waals surface area contributed by atoms with E-state index >= 15 is 0 Å². The van der Waals surface area contributed by atoms with Crippen molar-refractivity contribution in [1.29, 1.82) is 0 Å². The summed E-state index contributed by atoms with van der Waals surface area (Å²) in [5.41, 5.74) is 0.950. The lowest BCUT2D eigenvalue weighted by atomic mass is 10.1. The van der Waals surface area contributed by atoms with Crippen molar-refractivity contribution in [1.82, 2.24) is 24.8 Å². The topological polar surface area (TPSA) is 84.3 Å². The summed E-state index contributed by atoms with van der Waals surface area (Å²) in [6.45, 7) is 6.43. The lowest BCUT2D eigenvalue weighted by Gasteiger charge is -2.30. The van der Waals surface area contributed by atoms with Crippen LogP contribution in [-0.4, -0.2) is 56.5 Å². The van der Waals surface area contributed by atoms with Crippen molar-refractivity contribution in [3.05, 3.63) is 36.7 Å². The SMILES string of the molecule is CCOc1cc(N2CCC[C@H](N(Cc3cncnc3)C(C)=O)CC2)ncn1. The van der Waals surface area contributed by atoms with Crippen molar-refractivity contribution in [2.24, 2.45) is 0 Å². The molecular weight excluding hydrogens is 344 g/mol. The Labute approximate surface area is 159 Å². The highest BCUT2D eigenvalue weighted by Crippen LogP contribution is 2.23. The fraction of sp³-hybridized carbons (Fsp3) is 0.526. The Morgan fingerprint density at radius 3 is 2.78 bits per heavy atom. The zero-order chi connectivity index (χ0) is 19.1. The summed E-state index contributed by atoms with van der Waals surface area (Å²) >= 11 is 0. The van der Waals surface area contributed by atoms with E-state index in [9.17, 15) is 4.79 Å². The maximum absolute atomic E-state index is 12.3. The summed E-state index contributed by atoms with van der Waals surface area (Å²) in [6.07, 6.45) is 9.43. The van der Waals surface area contributed by atoms with Crippen LogP contribution < -0.4 is 9.64 Å². The average molecular weight is 370 g/mol. The van der Waals surface area contributed by atoms with E-state index in [2.05, 4.69) is 24.8 Å². The summed E-state index contributed by atoms with van der Waals surface area (Å²) in [6, 6.07) is 2.08. The minimum absolute atomic E-state index is 0.0815. The molecule has 1 aliphatic heterocycles. The van der Waals surface area contributed by atoms with Crippen LogP contribution >= 0.6 is 0 Å². The monoisotopic (exact) mass is 370 g/mol. The molecule has 1 saturated heterocycles. The molecule has 1 atom stereocenters. The Hall–Kier alpha value is -2.77. The van der Waals surface area contributed by atoms with Gasteiger partial charge in [0.1, 0.15) is 18.5 Å². The second-order valence-corrected chi connectivity index (χ2v) is 6.61. The van der Waals surface area contributed by atoms with Crippen molar-refractivity contribution in [2.45, 2.75) is 45.7 Å². The summed E-state index contributed by atoms with van der Waals surface area (Å²) in [5, 5.41) is 0. The number of carbonyl (C=O) groups is 1. The molecule has 0 spiro atoms. The third-order valence-electron chi connectivity index (χ3n) is 4.75. The van der Waals surface area contributed by atoms with Crippen LogP contribution in [0.15, 0.2) is 31.1 Å². The highest BCUT2D eigenvalue weighted by molar-refractivity contribution is 5.73. The second-order valence-electron chi connectivity index (χ2n) is 6.61. The number of rotatable bonds is 6. The summed E-state index contributed by atoms with van der Waals surface area (Å²) in [7, 11) is 0. The molecule has 0 radical (unpaired) electrons. The van der Waals surface area contributed by atoms with Gasteiger partial charge in [0.15, 0.2) is 0 Å². The first-order valence-corrected chi connectivity index (χ1v) is 9.38. The molecule has 1 aliphatic rings. The molecule has 0 aliphatic carbocycles. The van der Waals surface area contributed by atoms with E-state index in [-0.39, 0.29) is 11.9 Å². The van der Waals surface area contributed by atoms with Gasteiger partial charge in [-0.05, 0) is 26.2 Å². The van der Waals surface area contributed by atoms with Gasteiger partial charge >= 0.3 is 0 Å². The predicted molar refractivity (Wildman–Crippen MR) is 101 cm³/mol. The molecule has 2 aromatic rings. The Bertz CT molecular complexity index is 742. The Balaban J connectivity index is 1.67. The number of hydrogen-bond acceptors (Lipinski definition) is 7. The van der Waals surface area contributed by atoms with Crippen molar-refractivity contribution in [3.63, 3.8) is 0 Å². The normalized spacial score (nSPS) is 17.3. The molecule has 27 heavy (non-hydrogen) atoms. The van der Waals surface area contributed by atoms with Gasteiger partial charge < -0.3 is 14.5 Å². The van der Waals surface area contributed by atoms with Gasteiger partial charge in [0.25, 0.3) is 0 Å². The number of amides is 1. The molecule has 0 unspecified atom stereocenters. The predicted octanol–water partition coefficient (Wildman–Crippen LogP) is 2.07. The van der Waals surface area contributed by atoms with E-state index in [4.69, 9.17) is 4.74 Å². The average Bonchev–Trinajstić information content (AvgIpc) is 2.93. The number of nitrogens with zero attached hydrogens (tertiary/aromatic N) is 6. The minimum atomic E-state index is 0.0815. The first-order chi connectivity index (χ1) is 13.2.